The van der Waals surface area contributed by atoms with Crippen molar-refractivity contribution >= 4 is 17.7 Å². The van der Waals surface area contributed by atoms with Crippen molar-refractivity contribution in [3.63, 3.8) is 0 Å². The lowest BCUT2D eigenvalue weighted by Gasteiger charge is -2.12. The molecule has 0 bridgehead atoms. The maximum absolute atomic E-state index is 12.2. The lowest BCUT2D eigenvalue weighted by Crippen LogP contribution is -2.30. The normalized spacial score (nSPS) is 13.5. The van der Waals surface area contributed by atoms with Crippen LogP contribution in [0.3, 0.4) is 0 Å². The quantitative estimate of drug-likeness (QED) is 0.640. The van der Waals surface area contributed by atoms with Crippen LogP contribution in [-0.2, 0) is 4.84 Å². The fourth-order valence-electron chi connectivity index (χ4n) is 2.15. The summed E-state index contributed by atoms with van der Waals surface area (Å²) in [5.41, 5.74) is 3.18. The molecule has 21 heavy (non-hydrogen) atoms. The molecule has 2 rings (SSSR count). The Labute approximate surface area is 123 Å². The number of unbranched alkanes of at least 4 members (excludes halogenated alkanes) is 1. The van der Waals surface area contributed by atoms with E-state index in [-0.39, 0.29) is 17.4 Å². The zero-order valence-corrected chi connectivity index (χ0v) is 12.1. The molecule has 1 heterocycles. The van der Waals surface area contributed by atoms with Gasteiger partial charge in [-0.1, -0.05) is 13.3 Å². The third-order valence-electron chi connectivity index (χ3n) is 3.28. The van der Waals surface area contributed by atoms with Gasteiger partial charge in [0.05, 0.1) is 17.7 Å². The third kappa shape index (κ3) is 2.95. The number of hydrogen-bond acceptors (Lipinski definition) is 4. The van der Waals surface area contributed by atoms with E-state index >= 15 is 0 Å². The number of hydroxylamine groups is 1. The molecule has 3 amide bonds. The molecule has 1 N–H and O–H groups in total. The van der Waals surface area contributed by atoms with Crippen LogP contribution in [0.1, 0.15) is 57.8 Å². The van der Waals surface area contributed by atoms with E-state index in [0.717, 1.165) is 12.8 Å². The molecule has 0 saturated heterocycles. The zero-order chi connectivity index (χ0) is 15.4. The van der Waals surface area contributed by atoms with Crippen LogP contribution in [0.2, 0.25) is 0 Å². The van der Waals surface area contributed by atoms with Gasteiger partial charge in [-0.05, 0) is 31.5 Å². The molecular formula is C15H18N2O4. The monoisotopic (exact) mass is 290 g/mol. The van der Waals surface area contributed by atoms with E-state index in [1.54, 1.807) is 6.92 Å². The summed E-state index contributed by atoms with van der Waals surface area (Å²) < 4.78 is 0. The van der Waals surface area contributed by atoms with Gasteiger partial charge >= 0.3 is 0 Å². The van der Waals surface area contributed by atoms with Gasteiger partial charge in [0.25, 0.3) is 17.7 Å². The summed E-state index contributed by atoms with van der Waals surface area (Å²) in [6.07, 6.45) is 1.67. The smallest absolute Gasteiger partial charge is 0.274 e. The highest BCUT2D eigenvalue weighted by atomic mass is 16.6. The fraction of sp³-hybridized carbons (Fsp3) is 0.400. The Morgan fingerprint density at radius 3 is 2.57 bits per heavy atom. The molecule has 0 spiro atoms. The molecule has 1 aliphatic heterocycles. The number of imide groups is 1. The summed E-state index contributed by atoms with van der Waals surface area (Å²) in [6, 6.07) is 4.47. The van der Waals surface area contributed by atoms with Crippen LogP contribution in [-0.4, -0.2) is 35.8 Å². The van der Waals surface area contributed by atoms with Crippen molar-refractivity contribution in [2.24, 2.45) is 0 Å². The Hall–Kier alpha value is -2.21. The molecule has 0 fully saturated rings. The largest absolute Gasteiger partial charge is 0.274 e. The highest BCUT2D eigenvalue weighted by molar-refractivity contribution is 6.22. The number of hydrogen-bond donors (Lipinski definition) is 1. The third-order valence-corrected chi connectivity index (χ3v) is 3.28. The maximum atomic E-state index is 12.2. The summed E-state index contributed by atoms with van der Waals surface area (Å²) in [4.78, 5) is 42.3. The molecule has 0 saturated carbocycles. The fourth-order valence-corrected chi connectivity index (χ4v) is 2.15. The van der Waals surface area contributed by atoms with Crippen molar-refractivity contribution in [1.29, 1.82) is 0 Å². The first-order valence-corrected chi connectivity index (χ1v) is 7.02. The number of rotatable bonds is 6. The topological polar surface area (TPSA) is 75.7 Å². The minimum Gasteiger partial charge on any atom is -0.274 e. The predicted molar refractivity (Wildman–Crippen MR) is 75.8 cm³/mol. The van der Waals surface area contributed by atoms with Gasteiger partial charge in [0, 0.05) is 12.1 Å². The standard InChI is InChI=1S/C15H18N2O4/c1-3-5-8-17-14(19)11-7-6-10(9-12(11)15(17)20)13(18)16-21-4-2/h6-7,9H,3-5,8H2,1-2H3,(H,16,18). The first-order valence-electron chi connectivity index (χ1n) is 7.02. The highest BCUT2D eigenvalue weighted by Gasteiger charge is 2.35. The first-order chi connectivity index (χ1) is 10.1. The van der Waals surface area contributed by atoms with Crippen molar-refractivity contribution in [2.45, 2.75) is 26.7 Å². The molecule has 112 valence electrons. The van der Waals surface area contributed by atoms with E-state index in [2.05, 4.69) is 5.48 Å². The number of carbonyl (C=O) groups excluding carboxylic acids is 3. The summed E-state index contributed by atoms with van der Waals surface area (Å²) in [5, 5.41) is 0. The second-order valence-electron chi connectivity index (χ2n) is 4.74. The summed E-state index contributed by atoms with van der Waals surface area (Å²) in [5.74, 6) is -1.07. The molecular weight excluding hydrogens is 272 g/mol. The Morgan fingerprint density at radius 2 is 1.90 bits per heavy atom. The molecule has 0 radical (unpaired) electrons. The van der Waals surface area contributed by atoms with Crippen molar-refractivity contribution < 1.29 is 19.2 Å². The van der Waals surface area contributed by atoms with Gasteiger partial charge in [-0.15, -0.1) is 0 Å². The number of amides is 3. The molecule has 1 aliphatic rings. The number of benzene rings is 1. The minimum atomic E-state index is -0.438. The van der Waals surface area contributed by atoms with E-state index in [1.165, 1.54) is 23.1 Å². The van der Waals surface area contributed by atoms with E-state index in [0.29, 0.717) is 24.3 Å². The van der Waals surface area contributed by atoms with E-state index in [1.807, 2.05) is 6.92 Å². The number of fused-ring (bicyclic) bond motifs is 1. The summed E-state index contributed by atoms with van der Waals surface area (Å²) in [7, 11) is 0. The highest BCUT2D eigenvalue weighted by Crippen LogP contribution is 2.24. The van der Waals surface area contributed by atoms with Crippen LogP contribution < -0.4 is 5.48 Å². The van der Waals surface area contributed by atoms with Gasteiger partial charge in [0.2, 0.25) is 0 Å². The average molecular weight is 290 g/mol. The van der Waals surface area contributed by atoms with Crippen molar-refractivity contribution in [1.82, 2.24) is 10.4 Å². The molecule has 6 heteroatoms. The van der Waals surface area contributed by atoms with E-state index in [9.17, 15) is 14.4 Å². The van der Waals surface area contributed by atoms with Crippen LogP contribution in [0.15, 0.2) is 18.2 Å². The van der Waals surface area contributed by atoms with Crippen LogP contribution in [0.4, 0.5) is 0 Å². The Morgan fingerprint density at radius 1 is 1.19 bits per heavy atom. The molecule has 0 atom stereocenters. The van der Waals surface area contributed by atoms with Crippen LogP contribution >= 0.6 is 0 Å². The van der Waals surface area contributed by atoms with Gasteiger partial charge in [-0.25, -0.2) is 5.48 Å². The van der Waals surface area contributed by atoms with Gasteiger partial charge in [0.15, 0.2) is 0 Å². The lowest BCUT2D eigenvalue weighted by atomic mass is 10.1. The molecule has 1 aromatic carbocycles. The van der Waals surface area contributed by atoms with Crippen molar-refractivity contribution in [3.8, 4) is 0 Å². The van der Waals surface area contributed by atoms with Gasteiger partial charge in [-0.3, -0.25) is 24.1 Å². The molecule has 0 unspecified atom stereocenters. The molecule has 6 nitrogen and oxygen atoms in total. The van der Waals surface area contributed by atoms with Crippen LogP contribution in [0.25, 0.3) is 0 Å². The number of carbonyl (C=O) groups is 3. The SMILES string of the molecule is CCCCN1C(=O)c2ccc(C(=O)NOCC)cc2C1=O. The van der Waals surface area contributed by atoms with Crippen molar-refractivity contribution in [2.75, 3.05) is 13.2 Å². The van der Waals surface area contributed by atoms with Gasteiger partial charge in [0.1, 0.15) is 0 Å². The Kier molecular flexibility index (Phi) is 4.70. The Balaban J connectivity index is 2.23. The minimum absolute atomic E-state index is 0.278. The second-order valence-corrected chi connectivity index (χ2v) is 4.74. The number of nitrogens with zero attached hydrogens (tertiary/aromatic N) is 1. The molecule has 1 aromatic rings. The Bertz CT molecular complexity index is 583. The predicted octanol–water partition coefficient (Wildman–Crippen LogP) is 1.76. The van der Waals surface area contributed by atoms with E-state index in [4.69, 9.17) is 4.84 Å². The maximum Gasteiger partial charge on any atom is 0.274 e. The molecule has 0 aromatic heterocycles. The van der Waals surface area contributed by atoms with Gasteiger partial charge < -0.3 is 0 Å². The summed E-state index contributed by atoms with van der Waals surface area (Å²) >= 11 is 0. The average Bonchev–Trinajstić information content (AvgIpc) is 2.74. The van der Waals surface area contributed by atoms with Crippen LogP contribution in [0.5, 0.6) is 0 Å². The van der Waals surface area contributed by atoms with Crippen LogP contribution in [0, 0.1) is 0 Å². The second kappa shape index (κ2) is 6.49. The number of nitrogens with one attached hydrogen (secondary N) is 1. The first kappa shape index (κ1) is 15.2. The zero-order valence-electron chi connectivity index (χ0n) is 12.1. The summed E-state index contributed by atoms with van der Waals surface area (Å²) in [6.45, 7) is 4.49. The van der Waals surface area contributed by atoms with Crippen molar-refractivity contribution in [3.05, 3.63) is 34.9 Å². The van der Waals surface area contributed by atoms with Gasteiger partial charge in [-0.2, -0.15) is 0 Å². The molecule has 0 aliphatic carbocycles. The lowest BCUT2D eigenvalue weighted by molar-refractivity contribution is 0.0364. The van der Waals surface area contributed by atoms with E-state index < -0.39 is 5.91 Å².